The van der Waals surface area contributed by atoms with Gasteiger partial charge in [0.1, 0.15) is 0 Å². The fourth-order valence-electron chi connectivity index (χ4n) is 3.03. The van der Waals surface area contributed by atoms with Crippen LogP contribution in [0.2, 0.25) is 0 Å². The van der Waals surface area contributed by atoms with Crippen LogP contribution in [0.25, 0.3) is 0 Å². The molecule has 0 amide bonds. The van der Waals surface area contributed by atoms with Gasteiger partial charge in [0.05, 0.1) is 0 Å². The molecule has 0 aliphatic rings. The van der Waals surface area contributed by atoms with Crippen molar-refractivity contribution in [3.05, 3.63) is 0 Å². The Hall–Kier alpha value is 0. The Morgan fingerprint density at radius 1 is 0.750 bits per heavy atom. The largest absolute Gasteiger partial charge is 0.0651 e. The number of unbranched alkanes of at least 4 members (excludes halogenated alkanes) is 1. The van der Waals surface area contributed by atoms with Crippen LogP contribution in [0.15, 0.2) is 0 Å². The van der Waals surface area contributed by atoms with E-state index in [9.17, 15) is 0 Å². The molecule has 0 fully saturated rings. The second kappa shape index (κ2) is 9.07. The normalized spacial score (nSPS) is 15.8. The molecule has 2 unspecified atom stereocenters. The molecule has 0 N–H and O–H groups in total. The first-order valence-electron chi connectivity index (χ1n) is 7.52. The highest BCUT2D eigenvalue weighted by molar-refractivity contribution is 4.71. The summed E-state index contributed by atoms with van der Waals surface area (Å²) in [6.45, 7) is 14.2. The van der Waals surface area contributed by atoms with Gasteiger partial charge in [0.15, 0.2) is 0 Å². The van der Waals surface area contributed by atoms with E-state index < -0.39 is 0 Å². The quantitative estimate of drug-likeness (QED) is 0.429. The predicted molar refractivity (Wildman–Crippen MR) is 75.7 cm³/mol. The Balaban J connectivity index is 3.89. The van der Waals surface area contributed by atoms with Gasteiger partial charge in [-0.25, -0.2) is 0 Å². The van der Waals surface area contributed by atoms with E-state index >= 15 is 0 Å². The topological polar surface area (TPSA) is 0 Å². The van der Waals surface area contributed by atoms with Gasteiger partial charge in [0, 0.05) is 0 Å². The van der Waals surface area contributed by atoms with Crippen LogP contribution >= 0.6 is 0 Å². The Morgan fingerprint density at radius 2 is 1.31 bits per heavy atom. The van der Waals surface area contributed by atoms with E-state index in [1.165, 1.54) is 38.5 Å². The minimum Gasteiger partial charge on any atom is -0.0651 e. The van der Waals surface area contributed by atoms with Crippen molar-refractivity contribution in [2.75, 3.05) is 0 Å². The van der Waals surface area contributed by atoms with Crippen molar-refractivity contribution in [1.82, 2.24) is 0 Å². The molecule has 0 radical (unpaired) electrons. The summed E-state index contributed by atoms with van der Waals surface area (Å²) in [7, 11) is 0. The summed E-state index contributed by atoms with van der Waals surface area (Å²) in [5.41, 5.74) is 0. The second-order valence-electron chi connectivity index (χ2n) is 6.16. The Kier molecular flexibility index (Phi) is 9.07. The monoisotopic (exact) mass is 226 g/mol. The van der Waals surface area contributed by atoms with Crippen LogP contribution in [0.4, 0.5) is 0 Å². The van der Waals surface area contributed by atoms with Gasteiger partial charge in [-0.05, 0) is 23.7 Å². The average Bonchev–Trinajstić information content (AvgIpc) is 2.21. The fourth-order valence-corrected chi connectivity index (χ4v) is 3.03. The SMILES string of the molecule is CCC(CCCCC(C)C)C(CC)C(C)C. The molecule has 0 spiro atoms. The zero-order valence-corrected chi connectivity index (χ0v) is 12.6. The lowest BCUT2D eigenvalue weighted by Gasteiger charge is -2.28. The molecule has 2 atom stereocenters. The second-order valence-corrected chi connectivity index (χ2v) is 6.16. The summed E-state index contributed by atoms with van der Waals surface area (Å²) in [5.74, 6) is 3.66. The van der Waals surface area contributed by atoms with Gasteiger partial charge in [-0.1, -0.05) is 80.1 Å². The standard InChI is InChI=1S/C16H34/c1-7-15(16(8-2)14(5)6)12-10-9-11-13(3)4/h13-16H,7-12H2,1-6H3. The van der Waals surface area contributed by atoms with Gasteiger partial charge in [-0.3, -0.25) is 0 Å². The van der Waals surface area contributed by atoms with Crippen molar-refractivity contribution in [2.45, 2.75) is 80.1 Å². The fraction of sp³-hybridized carbons (Fsp3) is 1.00. The van der Waals surface area contributed by atoms with E-state index in [1.807, 2.05) is 0 Å². The van der Waals surface area contributed by atoms with E-state index in [1.54, 1.807) is 0 Å². The van der Waals surface area contributed by atoms with Gasteiger partial charge in [0.2, 0.25) is 0 Å². The van der Waals surface area contributed by atoms with Crippen LogP contribution in [0.3, 0.4) is 0 Å². The number of rotatable bonds is 9. The zero-order chi connectivity index (χ0) is 12.6. The first kappa shape index (κ1) is 16.0. The van der Waals surface area contributed by atoms with E-state index in [2.05, 4.69) is 41.5 Å². The van der Waals surface area contributed by atoms with Crippen LogP contribution in [-0.2, 0) is 0 Å². The van der Waals surface area contributed by atoms with Gasteiger partial charge >= 0.3 is 0 Å². The van der Waals surface area contributed by atoms with Gasteiger partial charge in [-0.2, -0.15) is 0 Å². The molecule has 0 saturated heterocycles. The lowest BCUT2D eigenvalue weighted by molar-refractivity contribution is 0.220. The van der Waals surface area contributed by atoms with Crippen molar-refractivity contribution in [2.24, 2.45) is 23.7 Å². The number of hydrogen-bond donors (Lipinski definition) is 0. The zero-order valence-electron chi connectivity index (χ0n) is 12.6. The summed E-state index contributed by atoms with van der Waals surface area (Å²) in [4.78, 5) is 0. The molecule has 0 saturated carbocycles. The third-order valence-corrected chi connectivity index (χ3v) is 4.06. The molecule has 0 heteroatoms. The molecular weight excluding hydrogens is 192 g/mol. The molecule has 0 aliphatic carbocycles. The summed E-state index contributed by atoms with van der Waals surface area (Å²) in [6, 6.07) is 0. The van der Waals surface area contributed by atoms with Crippen molar-refractivity contribution in [3.8, 4) is 0 Å². The van der Waals surface area contributed by atoms with Crippen LogP contribution in [0.5, 0.6) is 0 Å². The molecule has 0 aliphatic heterocycles. The highest BCUT2D eigenvalue weighted by Gasteiger charge is 2.20. The maximum absolute atomic E-state index is 2.39. The summed E-state index contributed by atoms with van der Waals surface area (Å²) >= 11 is 0. The molecule has 0 rings (SSSR count). The highest BCUT2D eigenvalue weighted by atomic mass is 14.3. The molecule has 98 valence electrons. The van der Waals surface area contributed by atoms with E-state index in [-0.39, 0.29) is 0 Å². The van der Waals surface area contributed by atoms with Crippen LogP contribution in [0, 0.1) is 23.7 Å². The van der Waals surface area contributed by atoms with Gasteiger partial charge in [-0.15, -0.1) is 0 Å². The van der Waals surface area contributed by atoms with E-state index in [4.69, 9.17) is 0 Å². The van der Waals surface area contributed by atoms with Crippen LogP contribution < -0.4 is 0 Å². The summed E-state index contributed by atoms with van der Waals surface area (Å²) in [6.07, 6.45) is 8.48. The third-order valence-electron chi connectivity index (χ3n) is 4.06. The molecule has 0 aromatic rings. The third kappa shape index (κ3) is 6.55. The molecule has 16 heavy (non-hydrogen) atoms. The highest BCUT2D eigenvalue weighted by Crippen LogP contribution is 2.31. The number of hydrogen-bond acceptors (Lipinski definition) is 0. The van der Waals surface area contributed by atoms with Gasteiger partial charge < -0.3 is 0 Å². The summed E-state index contributed by atoms with van der Waals surface area (Å²) in [5, 5.41) is 0. The first-order chi connectivity index (χ1) is 7.52. The van der Waals surface area contributed by atoms with E-state index in [0.29, 0.717) is 0 Å². The van der Waals surface area contributed by atoms with Crippen molar-refractivity contribution >= 4 is 0 Å². The molecule has 0 heterocycles. The maximum Gasteiger partial charge on any atom is -0.0365 e. The van der Waals surface area contributed by atoms with Crippen molar-refractivity contribution in [1.29, 1.82) is 0 Å². The molecular formula is C16H34. The Morgan fingerprint density at radius 3 is 1.69 bits per heavy atom. The Labute approximate surface area is 104 Å². The van der Waals surface area contributed by atoms with Crippen molar-refractivity contribution < 1.29 is 0 Å². The molecule has 0 aromatic heterocycles. The van der Waals surface area contributed by atoms with Crippen LogP contribution in [0.1, 0.15) is 80.1 Å². The molecule has 0 nitrogen and oxygen atoms in total. The Bertz CT molecular complexity index is 146. The first-order valence-corrected chi connectivity index (χ1v) is 7.52. The molecule has 0 bridgehead atoms. The lowest BCUT2D eigenvalue weighted by atomic mass is 9.77. The predicted octanol–water partition coefficient (Wildman–Crippen LogP) is 5.91. The van der Waals surface area contributed by atoms with Crippen molar-refractivity contribution in [3.63, 3.8) is 0 Å². The minimum absolute atomic E-state index is 0.861. The maximum atomic E-state index is 2.39. The molecule has 0 aromatic carbocycles. The van der Waals surface area contributed by atoms with Gasteiger partial charge in [0.25, 0.3) is 0 Å². The average molecular weight is 226 g/mol. The minimum atomic E-state index is 0.861. The smallest absolute Gasteiger partial charge is 0.0365 e. The van der Waals surface area contributed by atoms with E-state index in [0.717, 1.165) is 23.7 Å². The summed E-state index contributed by atoms with van der Waals surface area (Å²) < 4.78 is 0. The van der Waals surface area contributed by atoms with Crippen LogP contribution in [-0.4, -0.2) is 0 Å². The lowest BCUT2D eigenvalue weighted by Crippen LogP contribution is -2.19.